The minimum Gasteiger partial charge on any atom is -0.267 e. The van der Waals surface area contributed by atoms with Gasteiger partial charge in [-0.15, -0.1) is 6.58 Å². The highest BCUT2D eigenvalue weighted by atomic mass is 16.2. The fourth-order valence-corrected chi connectivity index (χ4v) is 2.19. The van der Waals surface area contributed by atoms with E-state index in [4.69, 9.17) is 0 Å². The Kier molecular flexibility index (Phi) is 9.59. The van der Waals surface area contributed by atoms with Crippen molar-refractivity contribution in [2.45, 2.75) is 51.4 Å². The third-order valence-corrected chi connectivity index (χ3v) is 3.45. The first-order valence-electron chi connectivity index (χ1n) is 8.12. The van der Waals surface area contributed by atoms with Crippen LogP contribution in [0.1, 0.15) is 61.7 Å². The number of aromatic nitrogens is 1. The number of allylic oxidation sites excluding steroid dienone is 1. The van der Waals surface area contributed by atoms with Crippen LogP contribution in [0.4, 0.5) is 0 Å². The van der Waals surface area contributed by atoms with Crippen LogP contribution in [0.3, 0.4) is 0 Å². The van der Waals surface area contributed by atoms with E-state index >= 15 is 0 Å². The Labute approximate surface area is 133 Å². The van der Waals surface area contributed by atoms with Gasteiger partial charge in [-0.25, -0.2) is 9.99 Å². The highest BCUT2D eigenvalue weighted by Gasteiger charge is 2.06. The molecule has 0 bridgehead atoms. The second kappa shape index (κ2) is 11.7. The molecular formula is C18H28N3O+. The quantitative estimate of drug-likeness (QED) is 0.219. The SMILES string of the molecule is C=CCCCCCCCC/C=N\NC(=O)c1ccc[n+](C)c1. The van der Waals surface area contributed by atoms with Gasteiger partial charge in [0.1, 0.15) is 12.6 Å². The van der Waals surface area contributed by atoms with Crippen molar-refractivity contribution in [2.24, 2.45) is 12.1 Å². The third-order valence-electron chi connectivity index (χ3n) is 3.45. The lowest BCUT2D eigenvalue weighted by atomic mass is 10.1. The number of unbranched alkanes of at least 4 members (excludes halogenated alkanes) is 7. The molecule has 0 spiro atoms. The maximum absolute atomic E-state index is 11.8. The Morgan fingerprint density at radius 3 is 2.59 bits per heavy atom. The van der Waals surface area contributed by atoms with Crippen molar-refractivity contribution in [3.05, 3.63) is 42.7 Å². The first kappa shape index (κ1) is 18.1. The molecule has 4 heteroatoms. The summed E-state index contributed by atoms with van der Waals surface area (Å²) >= 11 is 0. The van der Waals surface area contributed by atoms with Crippen LogP contribution in [0.15, 0.2) is 42.3 Å². The molecule has 0 saturated heterocycles. The average Bonchev–Trinajstić information content (AvgIpc) is 2.52. The lowest BCUT2D eigenvalue weighted by Gasteiger charge is -1.99. The Hall–Kier alpha value is -1.97. The maximum Gasteiger partial charge on any atom is 0.277 e. The van der Waals surface area contributed by atoms with Gasteiger partial charge in [0.25, 0.3) is 5.91 Å². The van der Waals surface area contributed by atoms with Crippen LogP contribution in [0.25, 0.3) is 0 Å². The molecular weight excluding hydrogens is 274 g/mol. The molecule has 0 unspecified atom stereocenters. The van der Waals surface area contributed by atoms with E-state index in [0.29, 0.717) is 5.56 Å². The third kappa shape index (κ3) is 8.35. The number of hydrogen-bond acceptors (Lipinski definition) is 2. The van der Waals surface area contributed by atoms with Gasteiger partial charge in [-0.3, -0.25) is 4.79 Å². The topological polar surface area (TPSA) is 45.3 Å². The van der Waals surface area contributed by atoms with Crippen molar-refractivity contribution in [1.29, 1.82) is 0 Å². The zero-order chi connectivity index (χ0) is 16.0. The number of amides is 1. The van der Waals surface area contributed by atoms with Crippen LogP contribution in [-0.4, -0.2) is 12.1 Å². The van der Waals surface area contributed by atoms with Crippen LogP contribution in [0.5, 0.6) is 0 Å². The molecule has 0 aliphatic heterocycles. The first-order valence-corrected chi connectivity index (χ1v) is 8.12. The lowest BCUT2D eigenvalue weighted by molar-refractivity contribution is -0.671. The van der Waals surface area contributed by atoms with E-state index in [0.717, 1.165) is 19.3 Å². The van der Waals surface area contributed by atoms with Crippen LogP contribution >= 0.6 is 0 Å². The van der Waals surface area contributed by atoms with E-state index in [9.17, 15) is 4.79 Å². The van der Waals surface area contributed by atoms with E-state index in [1.807, 2.05) is 30.0 Å². The summed E-state index contributed by atoms with van der Waals surface area (Å²) in [7, 11) is 1.89. The largest absolute Gasteiger partial charge is 0.277 e. The molecule has 4 nitrogen and oxygen atoms in total. The molecule has 0 saturated carbocycles. The van der Waals surface area contributed by atoms with Crippen LogP contribution in [-0.2, 0) is 7.05 Å². The highest BCUT2D eigenvalue weighted by Crippen LogP contribution is 2.08. The van der Waals surface area contributed by atoms with Gasteiger partial charge in [0.15, 0.2) is 12.4 Å². The normalized spacial score (nSPS) is 10.8. The number of carbonyl (C=O) groups is 1. The summed E-state index contributed by atoms with van der Waals surface area (Å²) in [6, 6.07) is 3.62. The van der Waals surface area contributed by atoms with Gasteiger partial charge < -0.3 is 0 Å². The molecule has 120 valence electrons. The zero-order valence-electron chi connectivity index (χ0n) is 13.6. The van der Waals surface area contributed by atoms with Gasteiger partial charge in [-0.1, -0.05) is 31.8 Å². The molecule has 1 rings (SSSR count). The smallest absolute Gasteiger partial charge is 0.267 e. The summed E-state index contributed by atoms with van der Waals surface area (Å²) in [6.07, 6.45) is 17.0. The van der Waals surface area contributed by atoms with Crippen LogP contribution in [0.2, 0.25) is 0 Å². The van der Waals surface area contributed by atoms with E-state index in [1.165, 1.54) is 32.1 Å². The fourth-order valence-electron chi connectivity index (χ4n) is 2.19. The highest BCUT2D eigenvalue weighted by molar-refractivity contribution is 5.93. The number of pyridine rings is 1. The van der Waals surface area contributed by atoms with E-state index in [-0.39, 0.29) is 5.91 Å². The number of hydrogen-bond donors (Lipinski definition) is 1. The average molecular weight is 302 g/mol. The molecule has 1 N–H and O–H groups in total. The van der Waals surface area contributed by atoms with E-state index in [1.54, 1.807) is 18.5 Å². The van der Waals surface area contributed by atoms with Gasteiger partial charge in [0, 0.05) is 12.3 Å². The molecule has 0 atom stereocenters. The molecule has 0 radical (unpaired) electrons. The van der Waals surface area contributed by atoms with Crippen molar-refractivity contribution in [3.63, 3.8) is 0 Å². The van der Waals surface area contributed by atoms with Crippen molar-refractivity contribution in [1.82, 2.24) is 5.43 Å². The number of nitrogens with one attached hydrogen (secondary N) is 1. The minimum absolute atomic E-state index is 0.172. The van der Waals surface area contributed by atoms with E-state index in [2.05, 4.69) is 17.1 Å². The van der Waals surface area contributed by atoms with Crippen molar-refractivity contribution >= 4 is 12.1 Å². The van der Waals surface area contributed by atoms with Crippen LogP contribution < -0.4 is 9.99 Å². The van der Waals surface area contributed by atoms with Gasteiger partial charge in [0.2, 0.25) is 0 Å². The molecule has 0 fully saturated rings. The van der Waals surface area contributed by atoms with Crippen molar-refractivity contribution in [3.8, 4) is 0 Å². The number of rotatable bonds is 11. The molecule has 22 heavy (non-hydrogen) atoms. The standard InChI is InChI=1S/C18H27N3O/c1-3-4-5-6-7-8-9-10-11-14-19-20-18(22)17-13-12-15-21(2)16-17/h3,12-16H,1,4-11H2,2H3/p+1/b19-14-. The number of hydrazone groups is 1. The summed E-state index contributed by atoms with van der Waals surface area (Å²) in [5, 5.41) is 3.99. The van der Waals surface area contributed by atoms with Crippen LogP contribution in [0, 0.1) is 0 Å². The predicted octanol–water partition coefficient (Wildman–Crippen LogP) is 3.53. The summed E-state index contributed by atoms with van der Waals surface area (Å²) in [5.41, 5.74) is 3.17. The summed E-state index contributed by atoms with van der Waals surface area (Å²) in [5.74, 6) is -0.172. The fraction of sp³-hybridized carbons (Fsp3) is 0.500. The Morgan fingerprint density at radius 2 is 1.91 bits per heavy atom. The Balaban J connectivity index is 2.04. The first-order chi connectivity index (χ1) is 10.7. The summed E-state index contributed by atoms with van der Waals surface area (Å²) in [4.78, 5) is 11.8. The predicted molar refractivity (Wildman–Crippen MR) is 90.7 cm³/mol. The van der Waals surface area contributed by atoms with E-state index < -0.39 is 0 Å². The van der Waals surface area contributed by atoms with Gasteiger partial charge in [-0.2, -0.15) is 5.10 Å². The lowest BCUT2D eigenvalue weighted by Crippen LogP contribution is -2.29. The maximum atomic E-state index is 11.8. The molecule has 0 aliphatic carbocycles. The summed E-state index contributed by atoms with van der Waals surface area (Å²) < 4.78 is 1.84. The molecule has 0 aliphatic rings. The summed E-state index contributed by atoms with van der Waals surface area (Å²) in [6.45, 7) is 3.73. The van der Waals surface area contributed by atoms with Crippen molar-refractivity contribution in [2.75, 3.05) is 0 Å². The zero-order valence-corrected chi connectivity index (χ0v) is 13.6. The Bertz CT molecular complexity index is 483. The van der Waals surface area contributed by atoms with Crippen molar-refractivity contribution < 1.29 is 9.36 Å². The molecule has 1 amide bonds. The Morgan fingerprint density at radius 1 is 1.23 bits per heavy atom. The second-order valence-electron chi connectivity index (χ2n) is 5.50. The molecule has 1 aromatic rings. The second-order valence-corrected chi connectivity index (χ2v) is 5.50. The number of aryl methyl sites for hydroxylation is 1. The molecule has 0 aromatic carbocycles. The van der Waals surface area contributed by atoms with Gasteiger partial charge in [0.05, 0.1) is 0 Å². The molecule has 1 aromatic heterocycles. The number of carbonyl (C=O) groups excluding carboxylic acids is 1. The number of nitrogens with zero attached hydrogens (tertiary/aromatic N) is 2. The van der Waals surface area contributed by atoms with Gasteiger partial charge in [-0.05, 0) is 31.7 Å². The molecule has 1 heterocycles. The minimum atomic E-state index is -0.172. The van der Waals surface area contributed by atoms with Gasteiger partial charge >= 0.3 is 0 Å². The monoisotopic (exact) mass is 302 g/mol.